The Bertz CT molecular complexity index is 780. The smallest absolute Gasteiger partial charge is 0.233 e. The van der Waals surface area contributed by atoms with Gasteiger partial charge in [-0.25, -0.2) is 0 Å². The number of piperazine rings is 1. The summed E-state index contributed by atoms with van der Waals surface area (Å²) in [4.78, 5) is 16.9. The molecule has 6 nitrogen and oxygen atoms in total. The highest BCUT2D eigenvalue weighted by molar-refractivity contribution is 7.99. The van der Waals surface area contributed by atoms with Crippen molar-refractivity contribution in [1.29, 1.82) is 0 Å². The van der Waals surface area contributed by atoms with Crippen molar-refractivity contribution in [2.45, 2.75) is 32.9 Å². The monoisotopic (exact) mass is 373 g/mol. The second-order valence-electron chi connectivity index (χ2n) is 6.76. The molecule has 140 valence electrons. The van der Waals surface area contributed by atoms with Crippen molar-refractivity contribution in [1.82, 2.24) is 24.6 Å². The van der Waals surface area contributed by atoms with Gasteiger partial charge in [-0.3, -0.25) is 9.36 Å². The van der Waals surface area contributed by atoms with Gasteiger partial charge in [-0.2, -0.15) is 0 Å². The topological polar surface area (TPSA) is 54.3 Å². The first-order valence-electron chi connectivity index (χ1n) is 9.12. The third-order valence-corrected chi connectivity index (χ3v) is 5.81. The zero-order chi connectivity index (χ0) is 18.7. The molecule has 1 aromatic carbocycles. The number of hydrogen-bond donors (Lipinski definition) is 0. The van der Waals surface area contributed by atoms with E-state index in [9.17, 15) is 4.79 Å². The van der Waals surface area contributed by atoms with Crippen LogP contribution in [0.1, 0.15) is 23.9 Å². The number of thioether (sulfide) groups is 1. The third-order valence-electron chi connectivity index (χ3n) is 4.90. The van der Waals surface area contributed by atoms with Crippen LogP contribution in [0.3, 0.4) is 0 Å². The number of rotatable bonds is 5. The van der Waals surface area contributed by atoms with E-state index in [-0.39, 0.29) is 5.91 Å². The highest BCUT2D eigenvalue weighted by Gasteiger charge is 2.21. The third kappa shape index (κ3) is 4.10. The highest BCUT2D eigenvalue weighted by Crippen LogP contribution is 2.25. The summed E-state index contributed by atoms with van der Waals surface area (Å²) < 4.78 is 2.05. The molecule has 0 atom stereocenters. The van der Waals surface area contributed by atoms with E-state index in [1.807, 2.05) is 11.8 Å². The molecule has 2 heterocycles. The normalized spacial score (nSPS) is 15.5. The van der Waals surface area contributed by atoms with Gasteiger partial charge in [0.05, 0.1) is 11.4 Å². The SMILES string of the molecule is CCN1CCN(C(=O)CSc2nnc(C)n2-c2cc(C)ccc2C)CC1. The van der Waals surface area contributed by atoms with Crippen LogP contribution in [0.25, 0.3) is 5.69 Å². The molecule has 1 aliphatic heterocycles. The van der Waals surface area contributed by atoms with Crippen molar-refractivity contribution in [2.75, 3.05) is 38.5 Å². The Labute approximate surface area is 159 Å². The lowest BCUT2D eigenvalue weighted by atomic mass is 10.1. The molecule has 0 aliphatic carbocycles. The quantitative estimate of drug-likeness (QED) is 0.754. The zero-order valence-corrected chi connectivity index (χ0v) is 16.8. The zero-order valence-electron chi connectivity index (χ0n) is 16.0. The summed E-state index contributed by atoms with van der Waals surface area (Å²) in [6.07, 6.45) is 0. The molecule has 1 saturated heterocycles. The molecule has 2 aromatic rings. The molecule has 0 N–H and O–H groups in total. The van der Waals surface area contributed by atoms with Crippen molar-refractivity contribution in [2.24, 2.45) is 0 Å². The van der Waals surface area contributed by atoms with E-state index in [2.05, 4.69) is 58.6 Å². The highest BCUT2D eigenvalue weighted by atomic mass is 32.2. The summed E-state index contributed by atoms with van der Waals surface area (Å²) in [5, 5.41) is 9.31. The Morgan fingerprint density at radius 3 is 2.54 bits per heavy atom. The first-order chi connectivity index (χ1) is 12.5. The number of carbonyl (C=O) groups excluding carboxylic acids is 1. The number of hydrogen-bond acceptors (Lipinski definition) is 5. The van der Waals surface area contributed by atoms with Gasteiger partial charge >= 0.3 is 0 Å². The Kier molecular flexibility index (Phi) is 5.98. The number of amides is 1. The minimum Gasteiger partial charge on any atom is -0.339 e. The van der Waals surface area contributed by atoms with Crippen LogP contribution < -0.4 is 0 Å². The fourth-order valence-electron chi connectivity index (χ4n) is 3.21. The fraction of sp³-hybridized carbons (Fsp3) is 0.526. The molecule has 1 fully saturated rings. The van der Waals surface area contributed by atoms with Crippen LogP contribution in [0, 0.1) is 20.8 Å². The van der Waals surface area contributed by atoms with Gasteiger partial charge in [-0.15, -0.1) is 10.2 Å². The van der Waals surface area contributed by atoms with E-state index in [0.717, 1.165) is 49.4 Å². The summed E-state index contributed by atoms with van der Waals surface area (Å²) in [7, 11) is 0. The lowest BCUT2D eigenvalue weighted by molar-refractivity contribution is -0.130. The van der Waals surface area contributed by atoms with Crippen molar-refractivity contribution < 1.29 is 4.79 Å². The molecule has 26 heavy (non-hydrogen) atoms. The van der Waals surface area contributed by atoms with Crippen molar-refractivity contribution in [3.8, 4) is 5.69 Å². The maximum Gasteiger partial charge on any atom is 0.233 e. The first kappa shape index (κ1) is 18.9. The second-order valence-corrected chi connectivity index (χ2v) is 7.70. The first-order valence-corrected chi connectivity index (χ1v) is 10.1. The van der Waals surface area contributed by atoms with Gasteiger partial charge in [0.15, 0.2) is 5.16 Å². The lowest BCUT2D eigenvalue weighted by Gasteiger charge is -2.34. The van der Waals surface area contributed by atoms with Gasteiger partial charge in [-0.05, 0) is 44.5 Å². The van der Waals surface area contributed by atoms with Crippen LogP contribution in [0.15, 0.2) is 23.4 Å². The van der Waals surface area contributed by atoms with Gasteiger partial charge in [0.1, 0.15) is 5.82 Å². The van der Waals surface area contributed by atoms with E-state index in [1.165, 1.54) is 22.9 Å². The predicted molar refractivity (Wildman–Crippen MR) is 105 cm³/mol. The van der Waals surface area contributed by atoms with Crippen LogP contribution in [0.2, 0.25) is 0 Å². The maximum absolute atomic E-state index is 12.6. The van der Waals surface area contributed by atoms with E-state index < -0.39 is 0 Å². The molecule has 0 bridgehead atoms. The van der Waals surface area contributed by atoms with E-state index in [4.69, 9.17) is 0 Å². The molecule has 0 radical (unpaired) electrons. The van der Waals surface area contributed by atoms with Crippen LogP contribution in [0.5, 0.6) is 0 Å². The summed E-state index contributed by atoms with van der Waals surface area (Å²) in [5.74, 6) is 1.42. The molecular weight excluding hydrogens is 346 g/mol. The van der Waals surface area contributed by atoms with Gasteiger partial charge in [0, 0.05) is 26.2 Å². The van der Waals surface area contributed by atoms with Crippen molar-refractivity contribution in [3.05, 3.63) is 35.2 Å². The minimum atomic E-state index is 0.180. The van der Waals surface area contributed by atoms with Gasteiger partial charge in [0.25, 0.3) is 0 Å². The molecule has 0 spiro atoms. The molecule has 1 amide bonds. The van der Waals surface area contributed by atoms with Gasteiger partial charge in [0.2, 0.25) is 5.91 Å². The number of benzene rings is 1. The number of carbonyl (C=O) groups is 1. The van der Waals surface area contributed by atoms with E-state index in [1.54, 1.807) is 0 Å². The molecule has 1 aromatic heterocycles. The number of aromatic nitrogens is 3. The largest absolute Gasteiger partial charge is 0.339 e. The summed E-state index contributed by atoms with van der Waals surface area (Å²) in [6.45, 7) is 12.9. The maximum atomic E-state index is 12.6. The van der Waals surface area contributed by atoms with Gasteiger partial charge in [-0.1, -0.05) is 30.8 Å². The van der Waals surface area contributed by atoms with Crippen molar-refractivity contribution in [3.63, 3.8) is 0 Å². The van der Waals surface area contributed by atoms with Crippen LogP contribution in [-0.2, 0) is 4.79 Å². The van der Waals surface area contributed by atoms with Crippen LogP contribution >= 0.6 is 11.8 Å². The molecule has 7 heteroatoms. The predicted octanol–water partition coefficient (Wildman–Crippen LogP) is 2.45. The average molecular weight is 374 g/mol. The van der Waals surface area contributed by atoms with Gasteiger partial charge < -0.3 is 9.80 Å². The Balaban J connectivity index is 1.70. The fourth-order valence-corrected chi connectivity index (χ4v) is 4.10. The molecule has 1 aliphatic rings. The van der Waals surface area contributed by atoms with Crippen LogP contribution in [0.4, 0.5) is 0 Å². The second kappa shape index (κ2) is 8.22. The average Bonchev–Trinajstić information content (AvgIpc) is 3.02. The summed E-state index contributed by atoms with van der Waals surface area (Å²) in [5.41, 5.74) is 3.45. The Morgan fingerprint density at radius 2 is 1.85 bits per heavy atom. The molecular formula is C19H27N5OS. The summed E-state index contributed by atoms with van der Waals surface area (Å²) in [6, 6.07) is 6.35. The Morgan fingerprint density at radius 1 is 1.12 bits per heavy atom. The Hall–Kier alpha value is -1.86. The lowest BCUT2D eigenvalue weighted by Crippen LogP contribution is -2.49. The number of aryl methyl sites for hydroxylation is 3. The van der Waals surface area contributed by atoms with Crippen molar-refractivity contribution >= 4 is 17.7 Å². The van der Waals surface area contributed by atoms with Crippen LogP contribution in [-0.4, -0.2) is 68.9 Å². The molecule has 0 saturated carbocycles. The minimum absolute atomic E-state index is 0.180. The molecule has 0 unspecified atom stereocenters. The summed E-state index contributed by atoms with van der Waals surface area (Å²) >= 11 is 1.47. The number of nitrogens with zero attached hydrogens (tertiary/aromatic N) is 5. The molecule has 3 rings (SSSR count). The number of likely N-dealkylation sites (N-methyl/N-ethyl adjacent to an activating group) is 1. The van der Waals surface area contributed by atoms with E-state index >= 15 is 0 Å². The van der Waals surface area contributed by atoms with E-state index in [0.29, 0.717) is 5.75 Å². The standard InChI is InChI=1S/C19H27N5OS/c1-5-22-8-10-23(11-9-22)18(25)13-26-19-21-20-16(4)24(19)17-12-14(2)6-7-15(17)3/h6-7,12H,5,8-11,13H2,1-4H3.